The maximum absolute atomic E-state index is 5.83. The molecule has 2 aromatic heterocycles. The molecule has 1 aliphatic rings. The van der Waals surface area contributed by atoms with Crippen molar-refractivity contribution in [3.63, 3.8) is 0 Å². The fraction of sp³-hybridized carbons (Fsp3) is 0.135. The van der Waals surface area contributed by atoms with Crippen molar-refractivity contribution >= 4 is 89.0 Å². The molecular formula is C52H55Cl2N9. The molecule has 322 valence electrons. The summed E-state index contributed by atoms with van der Waals surface area (Å²) in [6, 6.07) is 45.2. The quantitative estimate of drug-likeness (QED) is 0.122. The van der Waals surface area contributed by atoms with Gasteiger partial charge in [-0.3, -0.25) is 0 Å². The summed E-state index contributed by atoms with van der Waals surface area (Å²) in [6.45, 7) is 0. The van der Waals surface area contributed by atoms with Crippen LogP contribution < -0.4 is 62.1 Å². The fourth-order valence-corrected chi connectivity index (χ4v) is 7.38. The molecule has 6 aromatic carbocycles. The summed E-state index contributed by atoms with van der Waals surface area (Å²) in [4.78, 5) is 8.79. The van der Waals surface area contributed by atoms with E-state index in [-0.39, 0.29) is 24.8 Å². The molecule has 0 spiro atoms. The van der Waals surface area contributed by atoms with Crippen molar-refractivity contribution in [2.45, 2.75) is 0 Å². The van der Waals surface area contributed by atoms with E-state index in [1.54, 1.807) is 0 Å². The van der Waals surface area contributed by atoms with Crippen LogP contribution in [-0.2, 0) is 7.05 Å². The van der Waals surface area contributed by atoms with E-state index in [0.717, 1.165) is 55.6 Å². The van der Waals surface area contributed by atoms with E-state index in [1.807, 2.05) is 79.8 Å². The number of rotatable bonds is 4. The van der Waals surface area contributed by atoms with E-state index in [4.69, 9.17) is 22.9 Å². The van der Waals surface area contributed by atoms with Gasteiger partial charge in [0.25, 0.3) is 0 Å². The van der Waals surface area contributed by atoms with Crippen molar-refractivity contribution in [2.75, 3.05) is 75.0 Å². The van der Waals surface area contributed by atoms with Gasteiger partial charge in [0.1, 0.15) is 21.1 Å². The molecule has 9 nitrogen and oxygen atoms in total. The SMILES string of the molecule is CN(C)c1ccc(C(=C2C=CC(=[N+](C)C)C=C2)c2ccc(N(C)C)cc2)cc1.C[n+]1c2cc(N)ccc2cc2ccc(N)cc21.Nc1ccc2cc3ccc(N)cc3nc2c1.[Cl-].[Cl-]. The van der Waals surface area contributed by atoms with E-state index >= 15 is 0 Å². The number of aryl methyl sites for hydroxylation is 1. The second-order valence-electron chi connectivity index (χ2n) is 15.9. The topological polar surface area (TPSA) is 130 Å². The van der Waals surface area contributed by atoms with Crippen molar-refractivity contribution in [3.05, 3.63) is 174 Å². The average Bonchev–Trinajstić information content (AvgIpc) is 3.25. The highest BCUT2D eigenvalue weighted by atomic mass is 35.5. The third-order valence-corrected chi connectivity index (χ3v) is 10.8. The number of hydrogen-bond acceptors (Lipinski definition) is 7. The van der Waals surface area contributed by atoms with Crippen molar-refractivity contribution in [2.24, 2.45) is 7.05 Å². The molecule has 0 amide bonds. The van der Waals surface area contributed by atoms with Gasteiger partial charge in [-0.2, -0.15) is 4.57 Å². The van der Waals surface area contributed by atoms with Gasteiger partial charge in [0.2, 0.25) is 11.0 Å². The average molecular weight is 877 g/mol. The molecule has 2 heterocycles. The summed E-state index contributed by atoms with van der Waals surface area (Å²) < 4.78 is 4.25. The van der Waals surface area contributed by atoms with Crippen LogP contribution in [0.3, 0.4) is 0 Å². The van der Waals surface area contributed by atoms with Crippen LogP contribution in [0.4, 0.5) is 34.1 Å². The summed E-state index contributed by atoms with van der Waals surface area (Å²) in [5, 5.41) is 4.54. The lowest BCUT2D eigenvalue weighted by Gasteiger charge is -2.18. The van der Waals surface area contributed by atoms with E-state index in [1.165, 1.54) is 50.1 Å². The van der Waals surface area contributed by atoms with Gasteiger partial charge in [-0.1, -0.05) is 36.4 Å². The molecule has 0 unspecified atom stereocenters. The first-order chi connectivity index (χ1) is 29.2. The molecule has 0 radical (unpaired) electrons. The number of anilines is 6. The molecule has 0 bridgehead atoms. The summed E-state index contributed by atoms with van der Waals surface area (Å²) in [6.07, 6.45) is 8.78. The Morgan fingerprint density at radius 3 is 1.22 bits per heavy atom. The Labute approximate surface area is 382 Å². The first kappa shape index (κ1) is 47.0. The number of hydrogen-bond donors (Lipinski definition) is 4. The van der Waals surface area contributed by atoms with Crippen LogP contribution in [0.1, 0.15) is 11.1 Å². The molecule has 63 heavy (non-hydrogen) atoms. The van der Waals surface area contributed by atoms with Gasteiger partial charge < -0.3 is 57.5 Å². The molecule has 0 atom stereocenters. The first-order valence-electron chi connectivity index (χ1n) is 20.2. The third kappa shape index (κ3) is 10.9. The highest BCUT2D eigenvalue weighted by Gasteiger charge is 2.15. The molecule has 0 fully saturated rings. The van der Waals surface area contributed by atoms with Crippen molar-refractivity contribution in [3.8, 4) is 0 Å². The molecule has 0 saturated heterocycles. The zero-order chi connectivity index (χ0) is 43.4. The zero-order valence-corrected chi connectivity index (χ0v) is 38.3. The Morgan fingerprint density at radius 1 is 0.476 bits per heavy atom. The number of aromatic nitrogens is 2. The molecule has 8 aromatic rings. The molecule has 0 aliphatic heterocycles. The first-order valence-corrected chi connectivity index (χ1v) is 20.2. The van der Waals surface area contributed by atoms with Gasteiger partial charge in [0.15, 0.2) is 5.71 Å². The lowest BCUT2D eigenvalue weighted by Crippen LogP contribution is -3.00. The van der Waals surface area contributed by atoms with E-state index < -0.39 is 0 Å². The Bertz CT molecular complexity index is 2850. The number of fused-ring (bicyclic) bond motifs is 4. The summed E-state index contributed by atoms with van der Waals surface area (Å²) in [5.41, 5.74) is 38.7. The van der Waals surface area contributed by atoms with E-state index in [0.29, 0.717) is 0 Å². The van der Waals surface area contributed by atoms with Crippen LogP contribution in [0, 0.1) is 0 Å². The van der Waals surface area contributed by atoms with Crippen molar-refractivity contribution in [1.29, 1.82) is 0 Å². The summed E-state index contributed by atoms with van der Waals surface area (Å²) in [7, 11) is 14.4. The minimum Gasteiger partial charge on any atom is -1.00 e. The van der Waals surface area contributed by atoms with Crippen LogP contribution in [0.2, 0.25) is 0 Å². The normalized spacial score (nSPS) is 11.5. The standard InChI is InChI=1S/C25H30N3.C14H13N3.C13H11N3.2ClH/c1-26(2)22-13-7-19(8-14-22)25(20-9-15-23(16-10-20)27(3)4)21-11-17-24(18-12-21)28(5)6;1-17-13-7-11(15)4-2-9(13)6-10-3-5-12(16)8-14(10)17;14-10-3-1-8-5-9-2-4-11(15)7-13(9)16-12(8)6-10;;/h7-18H,1-6H3;2-8H,1H3,(H3,15,16);1-7H,14-15H2;2*1H/q+1;;;;/p-1. The largest absolute Gasteiger partial charge is 1.00 e. The molecule has 9 rings (SSSR count). The second kappa shape index (κ2) is 20.2. The molecule has 11 heteroatoms. The maximum atomic E-state index is 5.83. The highest BCUT2D eigenvalue weighted by Crippen LogP contribution is 2.32. The molecule has 0 saturated carbocycles. The van der Waals surface area contributed by atoms with Crippen molar-refractivity contribution < 1.29 is 34.0 Å². The minimum absolute atomic E-state index is 0. The number of benzene rings is 6. The lowest BCUT2D eigenvalue weighted by atomic mass is 9.90. The van der Waals surface area contributed by atoms with Crippen LogP contribution in [-0.4, -0.2) is 57.6 Å². The predicted octanol–water partition coefficient (Wildman–Crippen LogP) is 3.00. The van der Waals surface area contributed by atoms with Gasteiger partial charge in [-0.25, -0.2) is 9.56 Å². The Balaban J connectivity index is 0.000000185. The van der Waals surface area contributed by atoms with Gasteiger partial charge in [-0.15, -0.1) is 0 Å². The van der Waals surface area contributed by atoms with Crippen LogP contribution in [0.5, 0.6) is 0 Å². The number of halogens is 2. The number of pyridine rings is 2. The molecular weight excluding hydrogens is 822 g/mol. The second-order valence-corrected chi connectivity index (χ2v) is 15.9. The Morgan fingerprint density at radius 2 is 0.841 bits per heavy atom. The highest BCUT2D eigenvalue weighted by molar-refractivity contribution is 6.04. The number of allylic oxidation sites excluding steroid dienone is 5. The summed E-state index contributed by atoms with van der Waals surface area (Å²) >= 11 is 0. The van der Waals surface area contributed by atoms with Crippen LogP contribution in [0.25, 0.3) is 49.2 Å². The fourth-order valence-electron chi connectivity index (χ4n) is 7.38. The number of nitrogen functional groups attached to an aromatic ring is 4. The van der Waals surface area contributed by atoms with Crippen LogP contribution >= 0.6 is 0 Å². The van der Waals surface area contributed by atoms with Crippen molar-refractivity contribution in [1.82, 2.24) is 4.98 Å². The Kier molecular flexibility index (Phi) is 15.1. The van der Waals surface area contributed by atoms with Gasteiger partial charge >= 0.3 is 0 Å². The van der Waals surface area contributed by atoms with E-state index in [9.17, 15) is 0 Å². The number of nitrogens with zero attached hydrogens (tertiary/aromatic N) is 5. The Hall–Kier alpha value is -7.07. The molecule has 8 N–H and O–H groups in total. The lowest BCUT2D eigenvalue weighted by molar-refractivity contribution is -0.617. The zero-order valence-electron chi connectivity index (χ0n) is 36.8. The molecule has 1 aliphatic carbocycles. The predicted molar refractivity (Wildman–Crippen MR) is 262 cm³/mol. The maximum Gasteiger partial charge on any atom is 0.214 e. The smallest absolute Gasteiger partial charge is 0.214 e. The monoisotopic (exact) mass is 875 g/mol. The summed E-state index contributed by atoms with van der Waals surface area (Å²) in [5.74, 6) is 0. The third-order valence-electron chi connectivity index (χ3n) is 10.8. The van der Waals surface area contributed by atoms with E-state index in [2.05, 4.69) is 151 Å². The van der Waals surface area contributed by atoms with Gasteiger partial charge in [-0.05, 0) is 119 Å². The van der Waals surface area contributed by atoms with Crippen LogP contribution in [0.15, 0.2) is 163 Å². The van der Waals surface area contributed by atoms with Gasteiger partial charge in [0, 0.05) is 108 Å². The number of nitrogens with two attached hydrogens (primary N) is 4. The minimum atomic E-state index is 0. The van der Waals surface area contributed by atoms with Gasteiger partial charge in [0.05, 0.1) is 11.0 Å².